The van der Waals surface area contributed by atoms with Crippen molar-refractivity contribution in [2.24, 2.45) is 0 Å². The van der Waals surface area contributed by atoms with Gasteiger partial charge in [-0.05, 0) is 31.2 Å². The molecule has 0 spiro atoms. The number of hydrogen-bond acceptors (Lipinski definition) is 3. The van der Waals surface area contributed by atoms with Crippen LogP contribution in [0.4, 0.5) is 0 Å². The quantitative estimate of drug-likeness (QED) is 0.583. The van der Waals surface area contributed by atoms with Crippen molar-refractivity contribution >= 4 is 22.1 Å². The molecule has 0 aliphatic carbocycles. The van der Waals surface area contributed by atoms with Crippen molar-refractivity contribution in [3.8, 4) is 0 Å². The van der Waals surface area contributed by atoms with Crippen molar-refractivity contribution in [3.05, 3.63) is 71.8 Å². The van der Waals surface area contributed by atoms with Crippen LogP contribution >= 0.6 is 0 Å². The van der Waals surface area contributed by atoms with Crippen LogP contribution < -0.4 is 0 Å². The summed E-state index contributed by atoms with van der Waals surface area (Å²) in [6.07, 6.45) is 0. The Morgan fingerprint density at radius 3 is 1.56 bits per heavy atom. The molecule has 0 saturated heterocycles. The molecule has 0 heterocycles. The van der Waals surface area contributed by atoms with Gasteiger partial charge in [0.15, 0.2) is 5.47 Å². The SMILES string of the molecule is CCOC([SiH3])(N(C)C(=O)c1ccccc1)N(C)C(=O)c1ccccc1. The van der Waals surface area contributed by atoms with Crippen molar-refractivity contribution in [3.63, 3.8) is 0 Å². The van der Waals surface area contributed by atoms with Crippen LogP contribution in [-0.4, -0.2) is 58.0 Å². The topological polar surface area (TPSA) is 49.9 Å². The summed E-state index contributed by atoms with van der Waals surface area (Å²) in [5, 5.41) is 0. The maximum absolute atomic E-state index is 12.9. The third kappa shape index (κ3) is 3.97. The molecule has 0 N–H and O–H groups in total. The van der Waals surface area contributed by atoms with Gasteiger partial charge in [-0.25, -0.2) is 0 Å². The number of nitrogens with zero attached hydrogens (tertiary/aromatic N) is 2. The largest absolute Gasteiger partial charge is 0.343 e. The maximum Gasteiger partial charge on any atom is 0.256 e. The minimum Gasteiger partial charge on any atom is -0.343 e. The van der Waals surface area contributed by atoms with Gasteiger partial charge in [-0.1, -0.05) is 36.4 Å². The second kappa shape index (κ2) is 8.09. The molecule has 2 rings (SSSR count). The van der Waals surface area contributed by atoms with E-state index in [9.17, 15) is 9.59 Å². The molecular formula is C19H24N2O3Si. The van der Waals surface area contributed by atoms with Crippen LogP contribution in [0.3, 0.4) is 0 Å². The van der Waals surface area contributed by atoms with Gasteiger partial charge in [-0.2, -0.15) is 0 Å². The Morgan fingerprint density at radius 2 is 1.24 bits per heavy atom. The Balaban J connectivity index is 2.33. The molecule has 6 heteroatoms. The molecule has 0 atom stereocenters. The first-order chi connectivity index (χ1) is 11.9. The summed E-state index contributed by atoms with van der Waals surface area (Å²) in [5.74, 6) is -0.367. The number of benzene rings is 2. The van der Waals surface area contributed by atoms with Crippen molar-refractivity contribution in [2.45, 2.75) is 12.4 Å². The normalized spacial score (nSPS) is 11.2. The Kier molecular flexibility index (Phi) is 6.11. The van der Waals surface area contributed by atoms with Crippen molar-refractivity contribution < 1.29 is 14.3 Å². The van der Waals surface area contributed by atoms with Crippen LogP contribution in [-0.2, 0) is 4.74 Å². The molecule has 0 unspecified atom stereocenters. The average Bonchev–Trinajstić information content (AvgIpc) is 2.67. The summed E-state index contributed by atoms with van der Waals surface area (Å²) in [7, 11) is 3.78. The third-order valence-electron chi connectivity index (χ3n) is 4.31. The summed E-state index contributed by atoms with van der Waals surface area (Å²) in [6, 6.07) is 18.0. The first-order valence-electron chi connectivity index (χ1n) is 8.22. The lowest BCUT2D eigenvalue weighted by molar-refractivity contribution is -0.137. The number of rotatable bonds is 6. The van der Waals surface area contributed by atoms with Gasteiger partial charge < -0.3 is 14.5 Å². The number of amides is 2. The lowest BCUT2D eigenvalue weighted by atomic mass is 10.2. The molecule has 2 aromatic carbocycles. The van der Waals surface area contributed by atoms with E-state index in [1.54, 1.807) is 38.4 Å². The number of ether oxygens (including phenoxy) is 1. The Morgan fingerprint density at radius 1 is 0.880 bits per heavy atom. The second-order valence-corrected chi connectivity index (χ2v) is 7.13. The molecule has 2 amide bonds. The Bertz CT molecular complexity index is 664. The van der Waals surface area contributed by atoms with Gasteiger partial charge in [0, 0.05) is 31.8 Å². The molecule has 5 nitrogen and oxygen atoms in total. The van der Waals surface area contributed by atoms with Crippen molar-refractivity contribution in [1.82, 2.24) is 9.80 Å². The number of carbonyl (C=O) groups is 2. The second-order valence-electron chi connectivity index (χ2n) is 5.83. The molecule has 132 valence electrons. The standard InChI is InChI=1S/C19H24N2O3Si/c1-4-24-19(25,20(2)17(22)15-11-7-5-8-12-15)21(3)18(23)16-13-9-6-10-14-16/h5-14H,4H2,1-3,25H3. The summed E-state index contributed by atoms with van der Waals surface area (Å²) in [5.41, 5.74) is 0.0465. The Hall–Kier alpha value is -2.44. The van der Waals surface area contributed by atoms with Crippen molar-refractivity contribution in [1.29, 1.82) is 0 Å². The third-order valence-corrected chi connectivity index (χ3v) is 5.94. The van der Waals surface area contributed by atoms with E-state index in [0.717, 1.165) is 0 Å². The van der Waals surface area contributed by atoms with Crippen LogP contribution in [0.1, 0.15) is 27.6 Å². The monoisotopic (exact) mass is 356 g/mol. The molecule has 0 bridgehead atoms. The molecule has 0 aromatic heterocycles. The first-order valence-corrected chi connectivity index (χ1v) is 9.22. The molecule has 0 saturated carbocycles. The van der Waals surface area contributed by atoms with E-state index in [1.165, 1.54) is 9.80 Å². The van der Waals surface area contributed by atoms with Crippen LogP contribution in [0, 0.1) is 0 Å². The van der Waals surface area contributed by atoms with E-state index >= 15 is 0 Å². The van der Waals surface area contributed by atoms with E-state index in [0.29, 0.717) is 28.0 Å². The van der Waals surface area contributed by atoms with Gasteiger partial charge in [0.2, 0.25) is 0 Å². The molecule has 2 aromatic rings. The molecule has 0 aliphatic heterocycles. The highest BCUT2D eigenvalue weighted by Gasteiger charge is 2.40. The van der Waals surface area contributed by atoms with Crippen LogP contribution in [0.5, 0.6) is 0 Å². The molecule has 0 radical (unpaired) electrons. The van der Waals surface area contributed by atoms with E-state index in [-0.39, 0.29) is 11.8 Å². The van der Waals surface area contributed by atoms with E-state index in [4.69, 9.17) is 4.74 Å². The first kappa shape index (κ1) is 18.9. The summed E-state index contributed by atoms with van der Waals surface area (Å²) in [4.78, 5) is 28.7. The number of hydrogen-bond donors (Lipinski definition) is 0. The predicted octanol–water partition coefficient (Wildman–Crippen LogP) is 1.54. The van der Waals surface area contributed by atoms with Crippen molar-refractivity contribution in [2.75, 3.05) is 20.7 Å². The van der Waals surface area contributed by atoms with E-state index in [2.05, 4.69) is 0 Å². The zero-order chi connectivity index (χ0) is 18.4. The zero-order valence-electron chi connectivity index (χ0n) is 15.1. The lowest BCUT2D eigenvalue weighted by Crippen LogP contribution is -2.63. The predicted molar refractivity (Wildman–Crippen MR) is 101 cm³/mol. The van der Waals surface area contributed by atoms with E-state index < -0.39 is 5.47 Å². The summed E-state index contributed by atoms with van der Waals surface area (Å²) < 4.78 is 5.91. The summed E-state index contributed by atoms with van der Waals surface area (Å²) in [6.45, 7) is 2.25. The lowest BCUT2D eigenvalue weighted by Gasteiger charge is -2.45. The molecule has 0 fully saturated rings. The minimum absolute atomic E-state index is 0.184. The summed E-state index contributed by atoms with van der Waals surface area (Å²) >= 11 is 0. The molecule has 25 heavy (non-hydrogen) atoms. The molecule has 0 aliphatic rings. The van der Waals surface area contributed by atoms with Gasteiger partial charge in [-0.15, -0.1) is 0 Å². The highest BCUT2D eigenvalue weighted by Crippen LogP contribution is 2.21. The highest BCUT2D eigenvalue weighted by molar-refractivity contribution is 6.18. The van der Waals surface area contributed by atoms with Gasteiger partial charge in [0.1, 0.15) is 0 Å². The zero-order valence-corrected chi connectivity index (χ0v) is 17.1. The molecular weight excluding hydrogens is 332 g/mol. The smallest absolute Gasteiger partial charge is 0.256 e. The maximum atomic E-state index is 12.9. The van der Waals surface area contributed by atoms with Crippen LogP contribution in [0.25, 0.3) is 0 Å². The fourth-order valence-electron chi connectivity index (χ4n) is 2.62. The van der Waals surface area contributed by atoms with Gasteiger partial charge >= 0.3 is 0 Å². The van der Waals surface area contributed by atoms with Gasteiger partial charge in [-0.3, -0.25) is 9.59 Å². The number of carbonyl (C=O) groups excluding carboxylic acids is 2. The minimum atomic E-state index is -1.07. The Labute approximate surface area is 151 Å². The van der Waals surface area contributed by atoms with Crippen LogP contribution in [0.15, 0.2) is 60.7 Å². The van der Waals surface area contributed by atoms with Gasteiger partial charge in [0.05, 0.1) is 10.2 Å². The van der Waals surface area contributed by atoms with E-state index in [1.807, 2.05) is 43.3 Å². The average molecular weight is 356 g/mol. The van der Waals surface area contributed by atoms with Gasteiger partial charge in [0.25, 0.3) is 11.8 Å². The highest BCUT2D eigenvalue weighted by atomic mass is 28.1. The van der Waals surface area contributed by atoms with Crippen LogP contribution in [0.2, 0.25) is 0 Å². The fourth-order valence-corrected chi connectivity index (χ4v) is 3.31. The fraction of sp³-hybridized carbons (Fsp3) is 0.263.